The van der Waals surface area contributed by atoms with Gasteiger partial charge in [0.25, 0.3) is 11.8 Å². The van der Waals surface area contributed by atoms with Gasteiger partial charge in [0, 0.05) is 17.2 Å². The number of methoxy groups -OCH3 is 2. The second-order valence-electron chi connectivity index (χ2n) is 6.05. The molecule has 0 spiro atoms. The largest absolute Gasteiger partial charge is 0.497 e. The summed E-state index contributed by atoms with van der Waals surface area (Å²) in [4.78, 5) is 24.2. The molecule has 0 aromatic heterocycles. The molecule has 9 heteroatoms. The third-order valence-corrected chi connectivity index (χ3v) is 4.19. The summed E-state index contributed by atoms with van der Waals surface area (Å²) in [5, 5.41) is 6.60. The number of nitrogens with one attached hydrogen (secondary N) is 2. The van der Waals surface area contributed by atoms with Crippen LogP contribution in [0.5, 0.6) is 23.0 Å². The molecule has 0 bridgehead atoms. The molecule has 29 heavy (non-hydrogen) atoms. The third-order valence-electron chi connectivity index (χ3n) is 4.19. The van der Waals surface area contributed by atoms with Crippen molar-refractivity contribution in [1.29, 1.82) is 0 Å². The molecule has 9 nitrogen and oxygen atoms in total. The Morgan fingerprint density at radius 2 is 1.86 bits per heavy atom. The van der Waals surface area contributed by atoms with Crippen LogP contribution in [-0.4, -0.2) is 45.1 Å². The lowest BCUT2D eigenvalue weighted by atomic mass is 10.1. The van der Waals surface area contributed by atoms with Crippen LogP contribution >= 0.6 is 0 Å². The highest BCUT2D eigenvalue weighted by molar-refractivity contribution is 6.02. The Kier molecular flexibility index (Phi) is 6.18. The van der Waals surface area contributed by atoms with Gasteiger partial charge < -0.3 is 24.3 Å². The molecule has 2 N–H and O–H groups in total. The molecule has 2 aromatic carbocycles. The third kappa shape index (κ3) is 4.75. The molecule has 152 valence electrons. The minimum Gasteiger partial charge on any atom is -0.497 e. The van der Waals surface area contributed by atoms with Gasteiger partial charge in [-0.25, -0.2) is 5.43 Å². The van der Waals surface area contributed by atoms with Crippen molar-refractivity contribution in [3.63, 3.8) is 0 Å². The maximum Gasteiger partial charge on any atom is 0.259 e. The van der Waals surface area contributed by atoms with Crippen molar-refractivity contribution < 1.29 is 28.5 Å². The lowest BCUT2D eigenvalue weighted by Crippen LogP contribution is -2.35. The molecule has 1 heterocycles. The Morgan fingerprint density at radius 1 is 1.07 bits per heavy atom. The van der Waals surface area contributed by atoms with Gasteiger partial charge in [-0.2, -0.15) is 5.10 Å². The van der Waals surface area contributed by atoms with Gasteiger partial charge >= 0.3 is 0 Å². The van der Waals surface area contributed by atoms with E-state index in [1.165, 1.54) is 7.11 Å². The zero-order chi connectivity index (χ0) is 20.8. The van der Waals surface area contributed by atoms with E-state index in [1.54, 1.807) is 50.4 Å². The summed E-state index contributed by atoms with van der Waals surface area (Å²) in [5.41, 5.74) is 4.03. The average molecular weight is 399 g/mol. The van der Waals surface area contributed by atoms with Gasteiger partial charge in [0.1, 0.15) is 11.5 Å². The van der Waals surface area contributed by atoms with Gasteiger partial charge in [-0.1, -0.05) is 0 Å². The Labute approximate surface area is 167 Å². The maximum absolute atomic E-state index is 12.2. The van der Waals surface area contributed by atoms with Gasteiger partial charge in [0.15, 0.2) is 11.5 Å². The van der Waals surface area contributed by atoms with Gasteiger partial charge in [-0.05, 0) is 37.3 Å². The number of hydrazone groups is 1. The normalized spacial score (nSPS) is 12.3. The zero-order valence-electron chi connectivity index (χ0n) is 16.3. The standard InChI is InChI=1S/C20H21N3O6/c1-12(15-6-5-14(26-2)9-17(15)27-3)22-23-19(24)10-21-20(25)13-4-7-16-18(8-13)29-11-28-16/h4-9H,10-11H2,1-3H3,(H,21,25)(H,23,24)/b22-12-. The van der Waals surface area contributed by atoms with Crippen molar-refractivity contribution in [1.82, 2.24) is 10.7 Å². The Balaban J connectivity index is 1.56. The molecule has 0 radical (unpaired) electrons. The van der Waals surface area contributed by atoms with E-state index in [4.69, 9.17) is 18.9 Å². The first-order valence-corrected chi connectivity index (χ1v) is 8.75. The predicted octanol–water partition coefficient (Wildman–Crippen LogP) is 1.70. The van der Waals surface area contributed by atoms with E-state index in [0.29, 0.717) is 39.8 Å². The molecule has 1 aliphatic heterocycles. The molecule has 0 saturated carbocycles. The van der Waals surface area contributed by atoms with Gasteiger partial charge in [0.2, 0.25) is 6.79 Å². The van der Waals surface area contributed by atoms with Crippen LogP contribution in [0.15, 0.2) is 41.5 Å². The van der Waals surface area contributed by atoms with Gasteiger partial charge in [0.05, 0.1) is 26.5 Å². The summed E-state index contributed by atoms with van der Waals surface area (Å²) in [6.45, 7) is 1.62. The summed E-state index contributed by atoms with van der Waals surface area (Å²) in [5.74, 6) is 1.42. The van der Waals surface area contributed by atoms with Crippen molar-refractivity contribution in [2.24, 2.45) is 5.10 Å². The smallest absolute Gasteiger partial charge is 0.259 e. The summed E-state index contributed by atoms with van der Waals surface area (Å²) in [6, 6.07) is 10.1. The first-order chi connectivity index (χ1) is 14.0. The average Bonchev–Trinajstić information content (AvgIpc) is 3.23. The Bertz CT molecular complexity index is 957. The summed E-state index contributed by atoms with van der Waals surface area (Å²) < 4.78 is 20.9. The van der Waals surface area contributed by atoms with E-state index in [0.717, 1.165) is 0 Å². The number of hydrogen-bond acceptors (Lipinski definition) is 7. The van der Waals surface area contributed by atoms with Crippen molar-refractivity contribution >= 4 is 17.5 Å². The quantitative estimate of drug-likeness (QED) is 0.542. The molecule has 0 unspecified atom stereocenters. The van der Waals surface area contributed by atoms with Crippen LogP contribution in [-0.2, 0) is 4.79 Å². The van der Waals surface area contributed by atoms with E-state index in [9.17, 15) is 9.59 Å². The van der Waals surface area contributed by atoms with Crippen molar-refractivity contribution in [2.45, 2.75) is 6.92 Å². The van der Waals surface area contributed by atoms with E-state index >= 15 is 0 Å². The van der Waals surface area contributed by atoms with Gasteiger partial charge in [-0.3, -0.25) is 9.59 Å². The van der Waals surface area contributed by atoms with Gasteiger partial charge in [-0.15, -0.1) is 0 Å². The number of nitrogens with zero attached hydrogens (tertiary/aromatic N) is 1. The van der Waals surface area contributed by atoms with Crippen molar-refractivity contribution in [3.05, 3.63) is 47.5 Å². The fourth-order valence-corrected chi connectivity index (χ4v) is 2.64. The van der Waals surface area contributed by atoms with E-state index in [1.807, 2.05) is 0 Å². The molecular weight excluding hydrogens is 378 g/mol. The minimum atomic E-state index is -0.467. The van der Waals surface area contributed by atoms with Crippen LogP contribution < -0.4 is 29.7 Å². The van der Waals surface area contributed by atoms with E-state index in [2.05, 4.69) is 15.8 Å². The molecule has 0 atom stereocenters. The number of carbonyl (C=O) groups excluding carboxylic acids is 2. The second-order valence-corrected chi connectivity index (χ2v) is 6.05. The monoisotopic (exact) mass is 399 g/mol. The van der Waals surface area contributed by atoms with Crippen LogP contribution in [0.1, 0.15) is 22.8 Å². The predicted molar refractivity (Wildman–Crippen MR) is 105 cm³/mol. The number of carbonyl (C=O) groups is 2. The number of rotatable bonds is 7. The fourth-order valence-electron chi connectivity index (χ4n) is 2.64. The van der Waals surface area contributed by atoms with Crippen LogP contribution in [0.2, 0.25) is 0 Å². The van der Waals surface area contributed by atoms with Crippen molar-refractivity contribution in [2.75, 3.05) is 27.6 Å². The summed E-state index contributed by atoms with van der Waals surface area (Å²) in [7, 11) is 3.10. The lowest BCUT2D eigenvalue weighted by Gasteiger charge is -2.10. The lowest BCUT2D eigenvalue weighted by molar-refractivity contribution is -0.120. The summed E-state index contributed by atoms with van der Waals surface area (Å²) >= 11 is 0. The van der Waals surface area contributed by atoms with Crippen LogP contribution in [0.4, 0.5) is 0 Å². The molecular formula is C20H21N3O6. The highest BCUT2D eigenvalue weighted by Crippen LogP contribution is 2.32. The number of benzene rings is 2. The highest BCUT2D eigenvalue weighted by atomic mass is 16.7. The molecule has 1 aliphatic rings. The zero-order valence-corrected chi connectivity index (χ0v) is 16.3. The first kappa shape index (κ1) is 20.0. The second kappa shape index (κ2) is 8.96. The molecule has 0 saturated heterocycles. The minimum absolute atomic E-state index is 0.124. The number of fused-ring (bicyclic) bond motifs is 1. The van der Waals surface area contributed by atoms with Crippen LogP contribution in [0.3, 0.4) is 0 Å². The number of hydrogen-bond donors (Lipinski definition) is 2. The first-order valence-electron chi connectivity index (χ1n) is 8.75. The maximum atomic E-state index is 12.2. The molecule has 2 aromatic rings. The van der Waals surface area contributed by atoms with E-state index < -0.39 is 11.8 Å². The number of amides is 2. The Hall–Kier alpha value is -3.75. The molecule has 0 fully saturated rings. The topological polar surface area (TPSA) is 107 Å². The Morgan fingerprint density at radius 3 is 2.62 bits per heavy atom. The SMILES string of the molecule is COc1ccc(/C(C)=N\NC(=O)CNC(=O)c2ccc3c(c2)OCO3)c(OC)c1. The van der Waals surface area contributed by atoms with E-state index in [-0.39, 0.29) is 13.3 Å². The molecule has 3 rings (SSSR count). The molecule has 0 aliphatic carbocycles. The summed E-state index contributed by atoms with van der Waals surface area (Å²) in [6.07, 6.45) is 0. The molecule has 2 amide bonds. The van der Waals surface area contributed by atoms with Crippen LogP contribution in [0, 0.1) is 0 Å². The number of ether oxygens (including phenoxy) is 4. The fraction of sp³-hybridized carbons (Fsp3) is 0.250. The van der Waals surface area contributed by atoms with Crippen LogP contribution in [0.25, 0.3) is 0 Å². The van der Waals surface area contributed by atoms with Crippen molar-refractivity contribution in [3.8, 4) is 23.0 Å². The highest BCUT2D eigenvalue weighted by Gasteiger charge is 2.16.